The molecule has 0 aliphatic rings. The second-order valence-corrected chi connectivity index (χ2v) is 16.7. The van der Waals surface area contributed by atoms with Crippen molar-refractivity contribution in [1.82, 2.24) is 13.7 Å². The van der Waals surface area contributed by atoms with Crippen LogP contribution >= 0.6 is 0 Å². The third-order valence-electron chi connectivity index (χ3n) is 12.9. The summed E-state index contributed by atoms with van der Waals surface area (Å²) < 4.78 is 37.4. The van der Waals surface area contributed by atoms with Gasteiger partial charge in [0, 0.05) is 60.0 Å². The molecule has 0 bridgehead atoms. The van der Waals surface area contributed by atoms with Gasteiger partial charge in [-0.15, -0.1) is 0 Å². The number of fused-ring (bicyclic) bond motifs is 9. The fraction of sp³-hybridized carbons (Fsp3) is 0.0526. The zero-order valence-electron chi connectivity index (χ0n) is 34.2. The van der Waals surface area contributed by atoms with Crippen LogP contribution in [0.4, 0.5) is 8.78 Å². The minimum absolute atomic E-state index is 0.307. The van der Waals surface area contributed by atoms with E-state index in [1.165, 1.54) is 10.8 Å². The molecule has 0 saturated heterocycles. The summed E-state index contributed by atoms with van der Waals surface area (Å²) in [5, 5.41) is 6.87. The van der Waals surface area contributed by atoms with Gasteiger partial charge in [-0.05, 0) is 91.7 Å². The molecule has 0 radical (unpaired) electrons. The van der Waals surface area contributed by atoms with Crippen LogP contribution in [0.5, 0.6) is 0 Å². The van der Waals surface area contributed by atoms with E-state index >= 15 is 8.78 Å². The van der Waals surface area contributed by atoms with Gasteiger partial charge in [0.1, 0.15) is 11.6 Å². The zero-order valence-corrected chi connectivity index (χ0v) is 34.2. The highest BCUT2D eigenvalue weighted by Crippen LogP contribution is 2.51. The van der Waals surface area contributed by atoms with Gasteiger partial charge >= 0.3 is 0 Å². The first-order valence-corrected chi connectivity index (χ1v) is 21.1. The number of benzene rings is 9. The molecule has 12 rings (SSSR count). The lowest BCUT2D eigenvalue weighted by Crippen LogP contribution is -2.31. The van der Waals surface area contributed by atoms with Gasteiger partial charge in [0.2, 0.25) is 0 Å². The smallest absolute Gasteiger partial charge is 0.123 e. The highest BCUT2D eigenvalue weighted by Gasteiger charge is 2.38. The van der Waals surface area contributed by atoms with Crippen molar-refractivity contribution in [1.29, 1.82) is 0 Å². The Morgan fingerprint density at radius 2 is 0.613 bits per heavy atom. The van der Waals surface area contributed by atoms with Gasteiger partial charge in [0.05, 0.1) is 39.0 Å². The average molecular weight is 804 g/mol. The second-order valence-electron chi connectivity index (χ2n) is 16.7. The highest BCUT2D eigenvalue weighted by atomic mass is 19.1. The van der Waals surface area contributed by atoms with Crippen molar-refractivity contribution in [3.63, 3.8) is 0 Å². The summed E-state index contributed by atoms with van der Waals surface area (Å²) >= 11 is 0. The zero-order chi connectivity index (χ0) is 41.7. The van der Waals surface area contributed by atoms with E-state index in [2.05, 4.69) is 179 Å². The van der Waals surface area contributed by atoms with Gasteiger partial charge in [-0.2, -0.15) is 0 Å². The van der Waals surface area contributed by atoms with Crippen molar-refractivity contribution in [2.24, 2.45) is 0 Å². The predicted octanol–water partition coefficient (Wildman–Crippen LogP) is 15.4. The number of aromatic nitrogens is 3. The SMILES string of the molecule is CC(C)(c1c(-n2c3ccccc3c3ccccc32)c(-c2ccc(F)cc2)cc(-c2ccc(F)cc2)c1-n1c2ccccc2c2ccccc21)n1c2ccccc2c2ccccc21. The van der Waals surface area contributed by atoms with Gasteiger partial charge < -0.3 is 13.7 Å². The molecule has 62 heavy (non-hydrogen) atoms. The number of halogens is 2. The van der Waals surface area contributed by atoms with Crippen LogP contribution in [0.2, 0.25) is 0 Å². The number of nitrogens with zero attached hydrogens (tertiary/aromatic N) is 3. The van der Waals surface area contributed by atoms with Gasteiger partial charge in [0.15, 0.2) is 0 Å². The molecule has 0 N–H and O–H groups in total. The molecule has 0 atom stereocenters. The summed E-state index contributed by atoms with van der Waals surface area (Å²) in [4.78, 5) is 0. The van der Waals surface area contributed by atoms with Crippen LogP contribution in [0.25, 0.3) is 99.0 Å². The summed E-state index contributed by atoms with van der Waals surface area (Å²) in [6, 6.07) is 67.7. The van der Waals surface area contributed by atoms with Crippen LogP contribution in [0.1, 0.15) is 19.4 Å². The summed E-state index contributed by atoms with van der Waals surface area (Å²) in [5.41, 5.74) is 12.2. The van der Waals surface area contributed by atoms with Crippen molar-refractivity contribution in [3.8, 4) is 33.6 Å². The molecule has 0 saturated carbocycles. The van der Waals surface area contributed by atoms with Gasteiger partial charge in [-0.1, -0.05) is 133 Å². The van der Waals surface area contributed by atoms with Crippen molar-refractivity contribution in [2.75, 3.05) is 0 Å². The van der Waals surface area contributed by atoms with E-state index in [1.54, 1.807) is 24.3 Å². The van der Waals surface area contributed by atoms with E-state index in [4.69, 9.17) is 0 Å². The Hall–Kier alpha value is -7.76. The molecule has 3 nitrogen and oxygen atoms in total. The third kappa shape index (κ3) is 5.21. The lowest BCUT2D eigenvalue weighted by Gasteiger charge is -2.37. The highest BCUT2D eigenvalue weighted by molar-refractivity contribution is 6.13. The predicted molar refractivity (Wildman–Crippen MR) is 254 cm³/mol. The van der Waals surface area contributed by atoms with Crippen LogP contribution in [0, 0.1) is 11.6 Å². The number of rotatable bonds is 6. The second kappa shape index (κ2) is 13.6. The Labute approximate surface area is 356 Å². The van der Waals surface area contributed by atoms with E-state index in [0.29, 0.717) is 0 Å². The molecule has 0 unspecified atom stereocenters. The fourth-order valence-corrected chi connectivity index (χ4v) is 10.4. The normalized spacial score (nSPS) is 12.2. The first-order chi connectivity index (χ1) is 30.4. The molecule has 9 aromatic carbocycles. The molecule has 5 heteroatoms. The molecule has 0 fully saturated rings. The fourth-order valence-electron chi connectivity index (χ4n) is 10.4. The van der Waals surface area contributed by atoms with Crippen molar-refractivity contribution in [3.05, 3.63) is 217 Å². The molecule has 3 heterocycles. The quantitative estimate of drug-likeness (QED) is 0.159. The van der Waals surface area contributed by atoms with Crippen LogP contribution in [-0.2, 0) is 5.54 Å². The van der Waals surface area contributed by atoms with E-state index < -0.39 is 5.54 Å². The van der Waals surface area contributed by atoms with E-state index in [1.807, 2.05) is 24.3 Å². The molecule has 296 valence electrons. The number of para-hydroxylation sites is 6. The van der Waals surface area contributed by atoms with Crippen LogP contribution in [-0.4, -0.2) is 13.7 Å². The van der Waals surface area contributed by atoms with Crippen LogP contribution < -0.4 is 0 Å². The Morgan fingerprint density at radius 3 is 0.935 bits per heavy atom. The largest absolute Gasteiger partial charge is 0.330 e. The Morgan fingerprint density at radius 1 is 0.339 bits per heavy atom. The summed E-state index contributed by atoms with van der Waals surface area (Å²) in [6.45, 7) is 4.66. The maximum atomic E-state index is 15.0. The minimum Gasteiger partial charge on any atom is -0.330 e. The molecule has 0 aliphatic heterocycles. The third-order valence-corrected chi connectivity index (χ3v) is 12.9. The molecule has 0 aliphatic carbocycles. The van der Waals surface area contributed by atoms with E-state index in [9.17, 15) is 0 Å². The van der Waals surface area contributed by atoms with Gasteiger partial charge in [-0.3, -0.25) is 0 Å². The van der Waals surface area contributed by atoms with Crippen LogP contribution in [0.3, 0.4) is 0 Å². The molecule has 0 amide bonds. The Kier molecular flexibility index (Phi) is 7.94. The first-order valence-electron chi connectivity index (χ1n) is 21.1. The van der Waals surface area contributed by atoms with Gasteiger partial charge in [0.25, 0.3) is 0 Å². The Bertz CT molecular complexity index is 3390. The maximum absolute atomic E-state index is 15.0. The average Bonchev–Trinajstić information content (AvgIpc) is 3.95. The molecule has 0 spiro atoms. The first kappa shape index (κ1) is 36.1. The standard InChI is InChI=1S/C57H39F2N3/c1-57(2,62-52-25-13-7-19-44(52)45-20-8-14-26-53(45)62)54-55(60-48-21-9-3-15-40(48)41-16-4-10-22-49(41)60)46(36-27-31-38(58)32-28-36)35-47(37-29-33-39(59)34-30-37)56(54)61-50-23-11-5-17-42(50)43-18-6-12-24-51(43)61/h3-35H,1-2H3. The van der Waals surface area contributed by atoms with E-state index in [0.717, 1.165) is 93.8 Å². The lowest BCUT2D eigenvalue weighted by atomic mass is 9.82. The summed E-state index contributed by atoms with van der Waals surface area (Å²) in [5.74, 6) is -0.614. The minimum atomic E-state index is -0.808. The summed E-state index contributed by atoms with van der Waals surface area (Å²) in [7, 11) is 0. The number of hydrogen-bond acceptors (Lipinski definition) is 0. The van der Waals surface area contributed by atoms with Crippen molar-refractivity contribution < 1.29 is 8.78 Å². The van der Waals surface area contributed by atoms with Crippen molar-refractivity contribution in [2.45, 2.75) is 19.4 Å². The van der Waals surface area contributed by atoms with Gasteiger partial charge in [-0.25, -0.2) is 8.78 Å². The van der Waals surface area contributed by atoms with Crippen molar-refractivity contribution >= 4 is 65.4 Å². The molecular weight excluding hydrogens is 765 g/mol. The monoisotopic (exact) mass is 803 g/mol. The van der Waals surface area contributed by atoms with Crippen LogP contribution in [0.15, 0.2) is 200 Å². The molecular formula is C57H39F2N3. The summed E-state index contributed by atoms with van der Waals surface area (Å²) in [6.07, 6.45) is 0. The van der Waals surface area contributed by atoms with E-state index in [-0.39, 0.29) is 11.6 Å². The lowest BCUT2D eigenvalue weighted by molar-refractivity contribution is 0.462. The Balaban J connectivity index is 1.40. The molecule has 12 aromatic rings. The molecule has 3 aromatic heterocycles. The maximum Gasteiger partial charge on any atom is 0.123 e. The number of hydrogen-bond donors (Lipinski definition) is 0. The topological polar surface area (TPSA) is 14.8 Å².